The second-order valence-corrected chi connectivity index (χ2v) is 29.9. The molecule has 616 valence electrons. The summed E-state index contributed by atoms with van der Waals surface area (Å²) < 4.78 is 0. The summed E-state index contributed by atoms with van der Waals surface area (Å²) in [5.41, 5.74) is 18.7. The molecule has 1 saturated heterocycles. The van der Waals surface area contributed by atoms with Gasteiger partial charge in [0.25, 0.3) is 0 Å². The van der Waals surface area contributed by atoms with Gasteiger partial charge in [0.2, 0.25) is 94.5 Å². The number of aromatic amines is 2. The predicted molar refractivity (Wildman–Crippen MR) is 413 cm³/mol. The van der Waals surface area contributed by atoms with E-state index in [1.807, 2.05) is 20.1 Å². The highest BCUT2D eigenvalue weighted by atomic mass is 32.2. The molecule has 0 saturated carbocycles. The molecule has 41 heteroatoms. The van der Waals surface area contributed by atoms with Crippen LogP contribution in [0.5, 0.6) is 0 Å². The largest absolute Gasteiger partial charge is 0.394 e. The van der Waals surface area contributed by atoms with Crippen LogP contribution in [0, 0.1) is 11.8 Å². The highest BCUT2D eigenvalue weighted by molar-refractivity contribution is 7.99. The van der Waals surface area contributed by atoms with Crippen LogP contribution in [-0.2, 0) is 89.6 Å². The van der Waals surface area contributed by atoms with E-state index in [0.29, 0.717) is 40.8 Å². The summed E-state index contributed by atoms with van der Waals surface area (Å²) in [6, 6.07) is -5.91. The molecule has 10 atom stereocenters. The van der Waals surface area contributed by atoms with Crippen LogP contribution in [-0.4, -0.2) is 293 Å². The number of imide groups is 1. The molecular weight excluding hydrogens is 1490 g/mol. The van der Waals surface area contributed by atoms with Crippen molar-refractivity contribution in [2.45, 2.75) is 160 Å². The molecule has 3 heterocycles. The molecule has 0 bridgehead atoms. The molecule has 4 rings (SSSR count). The van der Waals surface area contributed by atoms with Gasteiger partial charge in [-0.3, -0.25) is 92.2 Å². The van der Waals surface area contributed by atoms with Gasteiger partial charge in [-0.15, -0.1) is 11.8 Å². The molecule has 22 N–H and O–H groups in total. The van der Waals surface area contributed by atoms with Gasteiger partial charge in [0, 0.05) is 87.1 Å². The van der Waals surface area contributed by atoms with Crippen LogP contribution in [0.3, 0.4) is 0 Å². The quantitative estimate of drug-likeness (QED) is 0.0185. The van der Waals surface area contributed by atoms with Crippen molar-refractivity contribution in [3.05, 3.63) is 54.2 Å². The monoisotopic (exact) mass is 1600 g/mol. The smallest absolute Gasteiger partial charge is 0.245 e. The van der Waals surface area contributed by atoms with Gasteiger partial charge in [0.15, 0.2) is 0 Å². The Morgan fingerprint density at radius 2 is 1.23 bits per heavy atom. The number of likely N-dealkylation sites (N-methyl/N-ethyl adjacent to an activating group) is 1. The Balaban J connectivity index is 1.44. The second-order valence-electron chi connectivity index (χ2n) is 27.8. The third kappa shape index (κ3) is 34.1. The third-order valence-electron chi connectivity index (χ3n) is 17.5. The lowest BCUT2D eigenvalue weighted by molar-refractivity contribution is -0.136. The van der Waals surface area contributed by atoms with E-state index in [1.54, 1.807) is 68.2 Å². The fraction of sp³-hybridized carbons (Fsp3) is 0.614. The number of nitrogens with zero attached hydrogens (tertiary/aromatic N) is 4. The maximum atomic E-state index is 14.7. The number of piperazine rings is 1. The van der Waals surface area contributed by atoms with Gasteiger partial charge in [-0.25, -0.2) is 4.98 Å². The minimum atomic E-state index is -1.47. The molecule has 1 fully saturated rings. The number of hydrogen-bond donors (Lipinski definition) is 19. The molecular formula is C70H112N22O17S2. The van der Waals surface area contributed by atoms with Crippen LogP contribution in [0.1, 0.15) is 97.7 Å². The van der Waals surface area contributed by atoms with Crippen LogP contribution in [0.2, 0.25) is 0 Å². The molecule has 1 aromatic carbocycles. The average molecular weight is 1600 g/mol. The molecule has 1 aliphatic heterocycles. The van der Waals surface area contributed by atoms with Gasteiger partial charge in [0.1, 0.15) is 48.3 Å². The van der Waals surface area contributed by atoms with Crippen molar-refractivity contribution < 1.29 is 81.8 Å². The number of aromatic nitrogens is 3. The molecule has 111 heavy (non-hydrogen) atoms. The van der Waals surface area contributed by atoms with Crippen molar-refractivity contribution in [3.8, 4) is 0 Å². The topological polar surface area (TPSA) is 582 Å². The van der Waals surface area contributed by atoms with Gasteiger partial charge >= 0.3 is 0 Å². The number of aliphatic hydroxyl groups excluding tert-OH is 1. The first-order chi connectivity index (χ1) is 52.6. The molecule has 0 radical (unpaired) electrons. The summed E-state index contributed by atoms with van der Waals surface area (Å²) in [4.78, 5) is 230. The third-order valence-corrected chi connectivity index (χ3v) is 19.0. The Labute approximate surface area is 652 Å². The van der Waals surface area contributed by atoms with Gasteiger partial charge in [-0.05, 0) is 95.1 Å². The number of H-pyrrole nitrogens is 2. The highest BCUT2D eigenvalue weighted by Gasteiger charge is 2.36. The SMILES string of the molecule is CSCC[C@H](NC(=O)[C@H](CC(C)C)NC(=O)[C@H](Cc1cnc[nH]1)NC(=O)CNC(=O)[C@@H](NC(=O)[C@H](C)NC(=O)[C@H](Cc1c[nH]c2ccccc12)NC(=O)[C@H](CCC(N)=O)N[C@@H](CCCCN)C(=O)NC(=O)CN1CCN(C(=O)CNC(=O)[C@H](CSCNC(C)=O)NC(=O)[C@H](CO)NC(=O)CN(C)C)CC1)C(C)C)C(N)=O. The highest BCUT2D eigenvalue weighted by Crippen LogP contribution is 2.20. The molecule has 0 aliphatic carbocycles. The van der Waals surface area contributed by atoms with Crippen LogP contribution in [0.15, 0.2) is 43.0 Å². The molecule has 3 aromatic rings. The maximum Gasteiger partial charge on any atom is 0.245 e. The fourth-order valence-corrected chi connectivity index (χ4v) is 12.8. The van der Waals surface area contributed by atoms with Crippen LogP contribution in [0.25, 0.3) is 10.9 Å². The van der Waals surface area contributed by atoms with Crippen LogP contribution in [0.4, 0.5) is 0 Å². The number of nitrogens with one attached hydrogen (secondary N) is 15. The van der Waals surface area contributed by atoms with E-state index in [9.17, 15) is 81.8 Å². The number of benzene rings is 1. The summed E-state index contributed by atoms with van der Waals surface area (Å²) in [5.74, 6) is -12.1. The number of para-hydroxylation sites is 1. The van der Waals surface area contributed by atoms with Crippen molar-refractivity contribution in [2.24, 2.45) is 29.0 Å². The van der Waals surface area contributed by atoms with Crippen molar-refractivity contribution >= 4 is 129 Å². The van der Waals surface area contributed by atoms with E-state index < -0.39 is 175 Å². The van der Waals surface area contributed by atoms with Gasteiger partial charge in [-0.1, -0.05) is 52.3 Å². The van der Waals surface area contributed by atoms with Crippen molar-refractivity contribution in [1.29, 1.82) is 0 Å². The van der Waals surface area contributed by atoms with Crippen molar-refractivity contribution in [1.82, 2.24) is 98.8 Å². The van der Waals surface area contributed by atoms with Gasteiger partial charge < -0.3 is 101 Å². The molecule has 39 nitrogen and oxygen atoms in total. The summed E-state index contributed by atoms with van der Waals surface area (Å²) in [5, 5.41) is 44.3. The lowest BCUT2D eigenvalue weighted by atomic mass is 10.0. The van der Waals surface area contributed by atoms with E-state index >= 15 is 0 Å². The number of imidazole rings is 1. The number of amides is 16. The summed E-state index contributed by atoms with van der Waals surface area (Å²) in [6.45, 7) is 7.85. The minimum absolute atomic E-state index is 0.0269. The first-order valence-electron chi connectivity index (χ1n) is 36.6. The van der Waals surface area contributed by atoms with E-state index in [2.05, 4.69) is 84.1 Å². The van der Waals surface area contributed by atoms with Crippen molar-refractivity contribution in [3.63, 3.8) is 0 Å². The lowest BCUT2D eigenvalue weighted by Crippen LogP contribution is -2.60. The maximum absolute atomic E-state index is 14.7. The lowest BCUT2D eigenvalue weighted by Gasteiger charge is -2.34. The van der Waals surface area contributed by atoms with Gasteiger partial charge in [0.05, 0.1) is 57.1 Å². The number of thioether (sulfide) groups is 2. The standard InChI is InChI=1S/C70H112N22O17S2/c1-39(2)26-50(67(106)84-47(61(73)100)19-25-110-9)85-68(107)52(28-44-30-74-37-78-44)82-56(96)31-76-70(109)60(40(3)4)89-62(101)41(5)80-66(105)51(27-43-29-75-46-15-11-10-14-45(43)46)86-64(103)49(17-18-55(72)95)81-48(16-12-13-20-71)65(104)88-58(98)34-91-21-23-92(24-22-91)59(99)32-77-63(102)54(36-111-38-79-42(6)94)87-69(108)53(35-93)83-57(97)33-90(7)8/h10-11,14-15,29-30,37,39-41,47-54,60,75,81,93H,12-13,16-28,31-36,38,71H2,1-9H3,(H2,72,95)(H2,73,100)(H,74,78)(H,76,109)(H,77,102)(H,79,94)(H,80,105)(H,82,96)(H,83,97)(H,84,106)(H,85,107)(H,86,103)(H,87,108)(H,89,101)(H,88,98,104)/t41-,47-,48-,49-,50-,51-,52-,53-,54-,60-/m0/s1. The Morgan fingerprint density at radius 3 is 1.86 bits per heavy atom. The Morgan fingerprint density at radius 1 is 0.622 bits per heavy atom. The number of carbonyl (C=O) groups is 16. The number of hydrogen-bond acceptors (Lipinski definition) is 24. The van der Waals surface area contributed by atoms with Crippen molar-refractivity contribution in [2.75, 3.05) is 103 Å². The average Bonchev–Trinajstić information content (AvgIpc) is 1.71. The van der Waals surface area contributed by atoms with Crippen LogP contribution < -0.4 is 86.3 Å². The number of aliphatic hydroxyl groups is 1. The Hall–Kier alpha value is -9.81. The minimum Gasteiger partial charge on any atom is -0.394 e. The number of nitrogens with two attached hydrogens (primary N) is 3. The molecule has 1 aliphatic rings. The first kappa shape index (κ1) is 93.6. The van der Waals surface area contributed by atoms with E-state index in [0.717, 1.165) is 11.8 Å². The molecule has 0 spiro atoms. The summed E-state index contributed by atoms with van der Waals surface area (Å²) in [7, 11) is 3.26. The zero-order valence-electron chi connectivity index (χ0n) is 64.3. The Kier molecular flexibility index (Phi) is 41.1. The number of carbonyl (C=O) groups excluding carboxylic acids is 16. The Bertz CT molecular complexity index is 3630. The number of unbranched alkanes of at least 4 members (excludes halogenated alkanes) is 1. The van der Waals surface area contributed by atoms with E-state index in [-0.39, 0.29) is 114 Å². The van der Waals surface area contributed by atoms with E-state index in [1.165, 1.54) is 43.0 Å². The summed E-state index contributed by atoms with van der Waals surface area (Å²) in [6.07, 6.45) is 6.43. The molecule has 2 aromatic heterocycles. The number of primary amides is 2. The second kappa shape index (κ2) is 48.8. The van der Waals surface area contributed by atoms with Gasteiger partial charge in [-0.2, -0.15) is 11.8 Å². The number of rotatable bonds is 50. The number of fused-ring (bicyclic) bond motifs is 1. The normalized spacial score (nSPS) is 15.0. The van der Waals surface area contributed by atoms with Crippen LogP contribution >= 0.6 is 23.5 Å². The van der Waals surface area contributed by atoms with E-state index in [4.69, 9.17) is 17.2 Å². The molecule has 0 unspecified atom stereocenters. The fourth-order valence-electron chi connectivity index (χ4n) is 11.4. The zero-order chi connectivity index (χ0) is 82.4. The first-order valence-corrected chi connectivity index (χ1v) is 39.1. The zero-order valence-corrected chi connectivity index (χ0v) is 66.0. The predicted octanol–water partition coefficient (Wildman–Crippen LogP) is -6.36. The molecule has 16 amide bonds. The summed E-state index contributed by atoms with van der Waals surface area (Å²) >= 11 is 2.54.